The van der Waals surface area contributed by atoms with E-state index in [0.717, 1.165) is 0 Å². The third kappa shape index (κ3) is 1.12. The van der Waals surface area contributed by atoms with Crippen LogP contribution in [0.25, 0.3) is 0 Å². The fourth-order valence-corrected chi connectivity index (χ4v) is 0.866. The van der Waals surface area contributed by atoms with E-state index in [9.17, 15) is 4.39 Å². The van der Waals surface area contributed by atoms with Gasteiger partial charge < -0.3 is 0 Å². The molecule has 0 aliphatic carbocycles. The minimum Gasteiger partial charge on any atom is -0.206 e. The maximum Gasteiger partial charge on any atom is 0.142 e. The lowest BCUT2D eigenvalue weighted by molar-refractivity contribution is 0.620. The maximum absolute atomic E-state index is 12.6. The molecule has 1 aromatic carbocycles. The van der Waals surface area contributed by atoms with Crippen LogP contribution in [0.15, 0.2) is 23.1 Å². The zero-order valence-electron chi connectivity index (χ0n) is 5.00. The molecule has 1 rings (SSSR count). The van der Waals surface area contributed by atoms with Gasteiger partial charge in [-0.1, -0.05) is 6.07 Å². The molecule has 0 aliphatic heterocycles. The monoisotopic (exact) mass is 153 g/mol. The molecule has 0 bridgehead atoms. The Hall–Kier alpha value is -1.01. The first-order valence-corrected chi connectivity index (χ1v) is 3.08. The molecular formula is C7H4FNS. The first-order chi connectivity index (χ1) is 4.75. The molecule has 0 aliphatic rings. The first-order valence-electron chi connectivity index (χ1n) is 2.63. The van der Waals surface area contributed by atoms with Crippen molar-refractivity contribution in [2.45, 2.75) is 4.90 Å². The van der Waals surface area contributed by atoms with Gasteiger partial charge >= 0.3 is 0 Å². The van der Waals surface area contributed by atoms with Gasteiger partial charge in [0.1, 0.15) is 17.4 Å². The molecular weight excluding hydrogens is 149 g/mol. The highest BCUT2D eigenvalue weighted by atomic mass is 32.1. The van der Waals surface area contributed by atoms with Gasteiger partial charge in [-0.25, -0.2) is 4.39 Å². The van der Waals surface area contributed by atoms with E-state index in [4.69, 9.17) is 5.26 Å². The number of nitriles is 1. The molecule has 0 unspecified atom stereocenters. The predicted molar refractivity (Wildman–Crippen MR) is 38.4 cm³/mol. The third-order valence-corrected chi connectivity index (χ3v) is 1.48. The molecule has 50 valence electrons. The quantitative estimate of drug-likeness (QED) is 0.566. The van der Waals surface area contributed by atoms with E-state index in [2.05, 4.69) is 12.6 Å². The van der Waals surface area contributed by atoms with Crippen LogP contribution in [0.5, 0.6) is 0 Å². The van der Waals surface area contributed by atoms with E-state index in [0.29, 0.717) is 4.90 Å². The topological polar surface area (TPSA) is 23.8 Å². The highest BCUT2D eigenvalue weighted by Gasteiger charge is 2.02. The fourth-order valence-electron chi connectivity index (χ4n) is 0.623. The van der Waals surface area contributed by atoms with Crippen molar-refractivity contribution in [3.05, 3.63) is 29.6 Å². The Bertz CT molecular complexity index is 270. The van der Waals surface area contributed by atoms with Crippen LogP contribution in [0.1, 0.15) is 5.56 Å². The minimum atomic E-state index is -0.519. The Morgan fingerprint density at radius 3 is 2.60 bits per heavy atom. The molecule has 0 atom stereocenters. The van der Waals surface area contributed by atoms with Crippen LogP contribution >= 0.6 is 12.6 Å². The molecule has 0 aromatic heterocycles. The Balaban J connectivity index is 3.34. The van der Waals surface area contributed by atoms with Crippen molar-refractivity contribution < 1.29 is 4.39 Å². The molecule has 0 N–H and O–H groups in total. The van der Waals surface area contributed by atoms with E-state index < -0.39 is 5.82 Å². The zero-order valence-corrected chi connectivity index (χ0v) is 5.90. The first kappa shape index (κ1) is 7.10. The van der Waals surface area contributed by atoms with Crippen LogP contribution in [-0.2, 0) is 0 Å². The minimum absolute atomic E-state index is 0.00540. The van der Waals surface area contributed by atoms with Gasteiger partial charge in [0.2, 0.25) is 0 Å². The van der Waals surface area contributed by atoms with Gasteiger partial charge in [0.15, 0.2) is 0 Å². The second kappa shape index (κ2) is 2.72. The van der Waals surface area contributed by atoms with Crippen LogP contribution in [0, 0.1) is 17.1 Å². The molecule has 1 aromatic rings. The SMILES string of the molecule is N#Cc1c(F)cccc1S. The van der Waals surface area contributed by atoms with Gasteiger partial charge in [-0.3, -0.25) is 0 Å². The van der Waals surface area contributed by atoms with Crippen molar-refractivity contribution in [3.8, 4) is 6.07 Å². The molecule has 0 spiro atoms. The number of benzene rings is 1. The van der Waals surface area contributed by atoms with Crippen LogP contribution in [0.4, 0.5) is 4.39 Å². The van der Waals surface area contributed by atoms with Crippen molar-refractivity contribution in [3.63, 3.8) is 0 Å². The molecule has 0 amide bonds. The lowest BCUT2D eigenvalue weighted by atomic mass is 10.2. The van der Waals surface area contributed by atoms with Crippen LogP contribution in [-0.4, -0.2) is 0 Å². The summed E-state index contributed by atoms with van der Waals surface area (Å²) in [6.45, 7) is 0. The molecule has 0 radical (unpaired) electrons. The zero-order chi connectivity index (χ0) is 7.56. The van der Waals surface area contributed by atoms with E-state index in [1.165, 1.54) is 12.1 Å². The molecule has 3 heteroatoms. The molecule has 0 heterocycles. The average Bonchev–Trinajstić information content (AvgIpc) is 1.88. The highest BCUT2D eigenvalue weighted by Crippen LogP contribution is 2.14. The maximum atomic E-state index is 12.6. The van der Waals surface area contributed by atoms with E-state index in [1.807, 2.05) is 0 Å². The largest absolute Gasteiger partial charge is 0.206 e. The highest BCUT2D eigenvalue weighted by molar-refractivity contribution is 7.80. The van der Waals surface area contributed by atoms with Gasteiger partial charge in [-0.05, 0) is 12.1 Å². The summed E-state index contributed by atoms with van der Waals surface area (Å²) in [6, 6.07) is 6.03. The number of hydrogen-bond acceptors (Lipinski definition) is 2. The van der Waals surface area contributed by atoms with E-state index >= 15 is 0 Å². The normalized spacial score (nSPS) is 8.90. The van der Waals surface area contributed by atoms with Crippen molar-refractivity contribution in [1.82, 2.24) is 0 Å². The number of nitrogens with zero attached hydrogens (tertiary/aromatic N) is 1. The van der Waals surface area contributed by atoms with Crippen LogP contribution in [0.3, 0.4) is 0 Å². The van der Waals surface area contributed by atoms with Crippen molar-refractivity contribution in [2.24, 2.45) is 0 Å². The third-order valence-electron chi connectivity index (χ3n) is 1.10. The van der Waals surface area contributed by atoms with Crippen LogP contribution in [0.2, 0.25) is 0 Å². The predicted octanol–water partition coefficient (Wildman–Crippen LogP) is 1.99. The standard InChI is InChI=1S/C7H4FNS/c8-6-2-1-3-7(10)5(6)4-9/h1-3,10H. The number of rotatable bonds is 0. The Kier molecular flexibility index (Phi) is 1.93. The smallest absolute Gasteiger partial charge is 0.142 e. The summed E-state index contributed by atoms with van der Waals surface area (Å²) >= 11 is 3.89. The number of thiol groups is 1. The summed E-state index contributed by atoms with van der Waals surface area (Å²) in [4.78, 5) is 0.377. The van der Waals surface area contributed by atoms with E-state index in [1.54, 1.807) is 12.1 Å². The number of halogens is 1. The number of hydrogen-bond donors (Lipinski definition) is 1. The average molecular weight is 153 g/mol. The van der Waals surface area contributed by atoms with E-state index in [-0.39, 0.29) is 5.56 Å². The van der Waals surface area contributed by atoms with Crippen molar-refractivity contribution in [2.75, 3.05) is 0 Å². The van der Waals surface area contributed by atoms with Crippen molar-refractivity contribution >= 4 is 12.6 Å². The molecule has 0 fully saturated rings. The molecule has 1 nitrogen and oxygen atoms in total. The molecule has 0 saturated heterocycles. The fraction of sp³-hybridized carbons (Fsp3) is 0. The summed E-state index contributed by atoms with van der Waals surface area (Å²) in [5.74, 6) is -0.519. The second-order valence-electron chi connectivity index (χ2n) is 1.75. The summed E-state index contributed by atoms with van der Waals surface area (Å²) in [7, 11) is 0. The van der Waals surface area contributed by atoms with Crippen LogP contribution < -0.4 is 0 Å². The van der Waals surface area contributed by atoms with Gasteiger partial charge in [-0.15, -0.1) is 12.6 Å². The van der Waals surface area contributed by atoms with Crippen molar-refractivity contribution in [1.29, 1.82) is 5.26 Å². The molecule has 0 saturated carbocycles. The summed E-state index contributed by atoms with van der Waals surface area (Å²) in [5, 5.41) is 8.36. The lowest BCUT2D eigenvalue weighted by Gasteiger charge is -1.94. The Labute approximate surface area is 63.5 Å². The summed E-state index contributed by atoms with van der Waals surface area (Å²) in [6.07, 6.45) is 0. The Morgan fingerprint density at radius 1 is 1.50 bits per heavy atom. The van der Waals surface area contributed by atoms with Gasteiger partial charge in [-0.2, -0.15) is 5.26 Å². The van der Waals surface area contributed by atoms with Gasteiger partial charge in [0.05, 0.1) is 0 Å². The van der Waals surface area contributed by atoms with Gasteiger partial charge in [0, 0.05) is 4.90 Å². The lowest BCUT2D eigenvalue weighted by Crippen LogP contribution is -1.83. The molecule has 10 heavy (non-hydrogen) atoms. The summed E-state index contributed by atoms with van der Waals surface area (Å²) < 4.78 is 12.6. The Morgan fingerprint density at radius 2 is 2.20 bits per heavy atom. The van der Waals surface area contributed by atoms with Gasteiger partial charge in [0.25, 0.3) is 0 Å². The summed E-state index contributed by atoms with van der Waals surface area (Å²) in [5.41, 5.74) is 0.00540. The second-order valence-corrected chi connectivity index (χ2v) is 2.23.